The number of hydrogen-bond acceptors (Lipinski definition) is 5. The van der Waals surface area contributed by atoms with E-state index in [0.717, 1.165) is 31.9 Å². The number of aromatic nitrogens is 2. The fourth-order valence-electron chi connectivity index (χ4n) is 4.48. The molecule has 0 unspecified atom stereocenters. The molecule has 1 saturated carbocycles. The Labute approximate surface area is 154 Å². The smallest absolute Gasteiger partial charge is 0.227 e. The third kappa shape index (κ3) is 3.52. The summed E-state index contributed by atoms with van der Waals surface area (Å²) in [6.45, 7) is 3.53. The zero-order chi connectivity index (χ0) is 17.9. The zero-order valence-corrected chi connectivity index (χ0v) is 15.2. The van der Waals surface area contributed by atoms with Gasteiger partial charge in [0.05, 0.1) is 5.92 Å². The first-order chi connectivity index (χ1) is 12.7. The van der Waals surface area contributed by atoms with Gasteiger partial charge in [0.15, 0.2) is 0 Å². The highest BCUT2D eigenvalue weighted by molar-refractivity contribution is 5.84. The minimum absolute atomic E-state index is 0.0344. The summed E-state index contributed by atoms with van der Waals surface area (Å²) in [5, 5.41) is 0. The molecule has 3 fully saturated rings. The average molecular weight is 357 g/mol. The van der Waals surface area contributed by atoms with Crippen molar-refractivity contribution in [1.82, 2.24) is 19.8 Å². The summed E-state index contributed by atoms with van der Waals surface area (Å²) in [6.07, 6.45) is 9.32. The first kappa shape index (κ1) is 17.2. The van der Waals surface area contributed by atoms with Crippen molar-refractivity contribution in [2.75, 3.05) is 37.6 Å². The first-order valence-corrected chi connectivity index (χ1v) is 9.82. The van der Waals surface area contributed by atoms with Gasteiger partial charge in [-0.05, 0) is 25.3 Å². The molecule has 1 aromatic heterocycles. The Bertz CT molecular complexity index is 639. The Kier molecular flexibility index (Phi) is 5.04. The normalized spacial score (nSPS) is 25.0. The van der Waals surface area contributed by atoms with Crippen LogP contribution >= 0.6 is 0 Å². The van der Waals surface area contributed by atoms with Crippen molar-refractivity contribution < 1.29 is 9.59 Å². The molecule has 2 aliphatic heterocycles. The van der Waals surface area contributed by atoms with Gasteiger partial charge in [-0.15, -0.1) is 0 Å². The molecule has 0 radical (unpaired) electrons. The maximum absolute atomic E-state index is 13.0. The van der Waals surface area contributed by atoms with Gasteiger partial charge in [-0.1, -0.05) is 12.8 Å². The van der Waals surface area contributed by atoms with Gasteiger partial charge in [-0.3, -0.25) is 9.59 Å². The molecule has 0 bridgehead atoms. The van der Waals surface area contributed by atoms with Crippen molar-refractivity contribution in [2.45, 2.75) is 44.6 Å². The fourth-order valence-corrected chi connectivity index (χ4v) is 4.48. The first-order valence-electron chi connectivity index (χ1n) is 9.82. The molecule has 0 N–H and O–H groups in total. The number of rotatable bonds is 3. The molecule has 2 saturated heterocycles. The second kappa shape index (κ2) is 7.60. The van der Waals surface area contributed by atoms with E-state index >= 15 is 0 Å². The van der Waals surface area contributed by atoms with E-state index in [1.165, 1.54) is 12.8 Å². The van der Waals surface area contributed by atoms with Crippen LogP contribution in [0.3, 0.4) is 0 Å². The summed E-state index contributed by atoms with van der Waals surface area (Å²) in [4.78, 5) is 40.0. The summed E-state index contributed by atoms with van der Waals surface area (Å²) >= 11 is 0. The predicted octanol–water partition coefficient (Wildman–Crippen LogP) is 1.31. The summed E-state index contributed by atoms with van der Waals surface area (Å²) in [6, 6.07) is 2.18. The summed E-state index contributed by atoms with van der Waals surface area (Å²) in [7, 11) is 0. The fraction of sp³-hybridized carbons (Fsp3) is 0.684. The van der Waals surface area contributed by atoms with E-state index in [-0.39, 0.29) is 17.7 Å². The predicted molar refractivity (Wildman–Crippen MR) is 97.5 cm³/mol. The lowest BCUT2D eigenvalue weighted by Crippen LogP contribution is -2.54. The zero-order valence-electron chi connectivity index (χ0n) is 15.2. The minimum atomic E-state index is -0.0344. The SMILES string of the molecule is O=C([C@@H]1CCC(=O)N(C2CCCC2)C1)N1CCN(c2ncccn2)CC1. The number of piperidine rings is 1. The summed E-state index contributed by atoms with van der Waals surface area (Å²) in [5.41, 5.74) is 0. The molecule has 7 nitrogen and oxygen atoms in total. The van der Waals surface area contributed by atoms with Crippen LogP contribution in [0.5, 0.6) is 0 Å². The molecule has 140 valence electrons. The van der Waals surface area contributed by atoms with Crippen LogP contribution in [0.25, 0.3) is 0 Å². The number of piperazine rings is 1. The Hall–Kier alpha value is -2.18. The summed E-state index contributed by atoms with van der Waals surface area (Å²) < 4.78 is 0. The maximum atomic E-state index is 13.0. The average Bonchev–Trinajstić information content (AvgIpc) is 3.23. The lowest BCUT2D eigenvalue weighted by atomic mass is 9.94. The minimum Gasteiger partial charge on any atom is -0.339 e. The number of anilines is 1. The van der Waals surface area contributed by atoms with Crippen molar-refractivity contribution >= 4 is 17.8 Å². The number of amides is 2. The van der Waals surface area contributed by atoms with Crippen LogP contribution in [-0.4, -0.2) is 70.3 Å². The Morgan fingerprint density at radius 2 is 1.69 bits per heavy atom. The van der Waals surface area contributed by atoms with Gasteiger partial charge in [0, 0.05) is 57.6 Å². The Morgan fingerprint density at radius 3 is 2.38 bits per heavy atom. The highest BCUT2D eigenvalue weighted by Crippen LogP contribution is 2.29. The molecule has 1 atom stereocenters. The van der Waals surface area contributed by atoms with E-state index in [1.54, 1.807) is 12.4 Å². The van der Waals surface area contributed by atoms with Crippen molar-refractivity contribution in [3.63, 3.8) is 0 Å². The molecular formula is C19H27N5O2. The number of carbonyl (C=O) groups is 2. The number of carbonyl (C=O) groups excluding carboxylic acids is 2. The van der Waals surface area contributed by atoms with Gasteiger partial charge in [-0.25, -0.2) is 9.97 Å². The van der Waals surface area contributed by atoms with Gasteiger partial charge >= 0.3 is 0 Å². The Balaban J connectivity index is 1.34. The molecule has 4 rings (SSSR count). The van der Waals surface area contributed by atoms with Crippen LogP contribution in [0.2, 0.25) is 0 Å². The highest BCUT2D eigenvalue weighted by atomic mass is 16.2. The van der Waals surface area contributed by atoms with Crippen LogP contribution in [0.4, 0.5) is 5.95 Å². The van der Waals surface area contributed by atoms with Crippen molar-refractivity contribution in [2.24, 2.45) is 5.92 Å². The molecule has 3 aliphatic rings. The number of likely N-dealkylation sites (tertiary alicyclic amines) is 1. The molecule has 7 heteroatoms. The molecule has 0 spiro atoms. The van der Waals surface area contributed by atoms with Gasteiger partial charge in [0.25, 0.3) is 0 Å². The standard InChI is InChI=1S/C19H27N5O2/c25-17-7-6-15(14-24(17)16-4-1-2-5-16)18(26)22-10-12-23(13-11-22)19-20-8-3-9-21-19/h3,8-9,15-16H,1-2,4-7,10-14H2/t15-/m1/s1. The van der Waals surface area contributed by atoms with Crippen LogP contribution in [0.1, 0.15) is 38.5 Å². The third-order valence-corrected chi connectivity index (χ3v) is 5.99. The van der Waals surface area contributed by atoms with Crippen LogP contribution < -0.4 is 4.90 Å². The third-order valence-electron chi connectivity index (χ3n) is 5.99. The van der Waals surface area contributed by atoms with Gasteiger partial charge in [0.1, 0.15) is 0 Å². The quantitative estimate of drug-likeness (QED) is 0.816. The molecule has 0 aromatic carbocycles. The lowest BCUT2D eigenvalue weighted by molar-refractivity contribution is -0.145. The summed E-state index contributed by atoms with van der Waals surface area (Å²) in [5.74, 6) is 1.16. The molecule has 3 heterocycles. The molecule has 26 heavy (non-hydrogen) atoms. The number of hydrogen-bond donors (Lipinski definition) is 0. The second-order valence-corrected chi connectivity index (χ2v) is 7.58. The van der Waals surface area contributed by atoms with Crippen LogP contribution in [0, 0.1) is 5.92 Å². The Morgan fingerprint density at radius 1 is 1.00 bits per heavy atom. The lowest BCUT2D eigenvalue weighted by Gasteiger charge is -2.40. The molecule has 1 aromatic rings. The van der Waals surface area contributed by atoms with Gasteiger partial charge in [0.2, 0.25) is 17.8 Å². The van der Waals surface area contributed by atoms with Crippen molar-refractivity contribution in [1.29, 1.82) is 0 Å². The largest absolute Gasteiger partial charge is 0.339 e. The van der Waals surface area contributed by atoms with Crippen molar-refractivity contribution in [3.8, 4) is 0 Å². The van der Waals surface area contributed by atoms with Crippen LogP contribution in [-0.2, 0) is 9.59 Å². The number of nitrogens with zero attached hydrogens (tertiary/aromatic N) is 5. The van der Waals surface area contributed by atoms with E-state index < -0.39 is 0 Å². The van der Waals surface area contributed by atoms with Gasteiger partial charge < -0.3 is 14.7 Å². The van der Waals surface area contributed by atoms with E-state index in [9.17, 15) is 9.59 Å². The van der Waals surface area contributed by atoms with E-state index in [2.05, 4.69) is 14.9 Å². The highest BCUT2D eigenvalue weighted by Gasteiger charge is 2.37. The topological polar surface area (TPSA) is 69.6 Å². The second-order valence-electron chi connectivity index (χ2n) is 7.58. The van der Waals surface area contributed by atoms with Crippen molar-refractivity contribution in [3.05, 3.63) is 18.5 Å². The molecular weight excluding hydrogens is 330 g/mol. The van der Waals surface area contributed by atoms with Gasteiger partial charge in [-0.2, -0.15) is 0 Å². The molecule has 2 amide bonds. The van der Waals surface area contributed by atoms with E-state index in [0.29, 0.717) is 38.5 Å². The maximum Gasteiger partial charge on any atom is 0.227 e. The van der Waals surface area contributed by atoms with E-state index in [4.69, 9.17) is 0 Å². The van der Waals surface area contributed by atoms with E-state index in [1.807, 2.05) is 15.9 Å². The molecule has 1 aliphatic carbocycles. The van der Waals surface area contributed by atoms with Crippen LogP contribution in [0.15, 0.2) is 18.5 Å². The monoisotopic (exact) mass is 357 g/mol.